The number of hydrogen-bond acceptors (Lipinski definition) is 4. The molecule has 5 atom stereocenters. The van der Waals surface area contributed by atoms with E-state index in [4.69, 9.17) is 9.47 Å². The lowest BCUT2D eigenvalue weighted by molar-refractivity contribution is -0.137. The average molecular weight is 415 g/mol. The third kappa shape index (κ3) is 3.64. The lowest BCUT2D eigenvalue weighted by Gasteiger charge is -2.53. The zero-order valence-electron chi connectivity index (χ0n) is 19.2. The molecule has 1 aromatic rings. The molecule has 3 fully saturated rings. The standard InChI is InChI=1S/C25H38N2O3/c1-6-21(28)26-23-24(2,3)18-15-20-22(30-12-10-25(20,23)16-18)17-8-7-9-19(14-17)29-13-11-27(4)5/h7-9,14,18,20,22-23H,6,10-13,15-16H2,1-5H3,(H,26,28)/t18-,20-,22-,23+,25-/m1/s1. The van der Waals surface area contributed by atoms with Crippen LogP contribution in [-0.4, -0.2) is 50.7 Å². The van der Waals surface area contributed by atoms with Gasteiger partial charge in [-0.15, -0.1) is 0 Å². The zero-order chi connectivity index (χ0) is 21.5. The van der Waals surface area contributed by atoms with E-state index in [-0.39, 0.29) is 28.9 Å². The molecule has 0 aromatic heterocycles. The number of benzene rings is 1. The highest BCUT2D eigenvalue weighted by molar-refractivity contribution is 5.76. The molecule has 166 valence electrons. The first-order valence-electron chi connectivity index (χ1n) is 11.6. The first-order valence-corrected chi connectivity index (χ1v) is 11.6. The van der Waals surface area contributed by atoms with E-state index >= 15 is 0 Å². The Bertz CT molecular complexity index is 777. The Hall–Kier alpha value is -1.59. The first kappa shape index (κ1) is 21.6. The van der Waals surface area contributed by atoms with Crippen molar-refractivity contribution < 1.29 is 14.3 Å². The third-order valence-electron chi connectivity index (χ3n) is 8.13. The number of amides is 1. The molecule has 30 heavy (non-hydrogen) atoms. The maximum absolute atomic E-state index is 12.4. The van der Waals surface area contributed by atoms with Crippen molar-refractivity contribution in [1.82, 2.24) is 10.2 Å². The second-order valence-corrected chi connectivity index (χ2v) is 10.4. The van der Waals surface area contributed by atoms with E-state index < -0.39 is 0 Å². The molecule has 4 rings (SSSR count). The molecule has 1 aliphatic heterocycles. The molecule has 2 saturated carbocycles. The Labute approximate surface area is 181 Å². The number of carbonyl (C=O) groups is 1. The van der Waals surface area contributed by atoms with Crippen LogP contribution in [0.4, 0.5) is 0 Å². The van der Waals surface area contributed by atoms with E-state index in [1.807, 2.05) is 13.0 Å². The van der Waals surface area contributed by atoms with Crippen molar-refractivity contribution in [3.8, 4) is 5.75 Å². The summed E-state index contributed by atoms with van der Waals surface area (Å²) in [4.78, 5) is 14.5. The highest BCUT2D eigenvalue weighted by Gasteiger charge is 2.68. The normalized spacial score (nSPS) is 34.1. The Kier molecular flexibility index (Phi) is 5.88. The molecule has 2 aliphatic carbocycles. The molecule has 1 spiro atoms. The van der Waals surface area contributed by atoms with Crippen molar-refractivity contribution in [3.05, 3.63) is 29.8 Å². The van der Waals surface area contributed by atoms with E-state index in [1.165, 1.54) is 18.4 Å². The van der Waals surface area contributed by atoms with Crippen molar-refractivity contribution in [2.24, 2.45) is 22.7 Å². The summed E-state index contributed by atoms with van der Waals surface area (Å²) in [6.07, 6.45) is 4.06. The topological polar surface area (TPSA) is 50.8 Å². The van der Waals surface area contributed by atoms with Gasteiger partial charge in [-0.25, -0.2) is 0 Å². The van der Waals surface area contributed by atoms with Crippen LogP contribution in [0.15, 0.2) is 24.3 Å². The van der Waals surface area contributed by atoms with Crippen LogP contribution in [-0.2, 0) is 9.53 Å². The van der Waals surface area contributed by atoms with Gasteiger partial charge in [-0.3, -0.25) is 4.79 Å². The van der Waals surface area contributed by atoms with Crippen LogP contribution in [0.25, 0.3) is 0 Å². The summed E-state index contributed by atoms with van der Waals surface area (Å²) in [6.45, 7) is 8.98. The second kappa shape index (κ2) is 8.16. The maximum Gasteiger partial charge on any atom is 0.219 e. The molecule has 5 heteroatoms. The SMILES string of the molecule is CCC(=O)N[C@H]1C(C)(C)[C@@H]2C[C@@H]3[C@@H](c4cccc(OCCN(C)C)c4)OCC[C@@]31C2. The number of fused-ring (bicyclic) bond motifs is 1. The van der Waals surface area contributed by atoms with Gasteiger partial charge < -0.3 is 19.7 Å². The smallest absolute Gasteiger partial charge is 0.219 e. The largest absolute Gasteiger partial charge is 0.492 e. The molecular weight excluding hydrogens is 376 g/mol. The van der Waals surface area contributed by atoms with Crippen LogP contribution >= 0.6 is 0 Å². The highest BCUT2D eigenvalue weighted by Crippen LogP contribution is 2.70. The summed E-state index contributed by atoms with van der Waals surface area (Å²) in [7, 11) is 4.11. The zero-order valence-corrected chi connectivity index (χ0v) is 19.2. The summed E-state index contributed by atoms with van der Waals surface area (Å²) in [6, 6.07) is 8.69. The van der Waals surface area contributed by atoms with Gasteiger partial charge in [0, 0.05) is 25.6 Å². The number of nitrogens with one attached hydrogen (secondary N) is 1. The van der Waals surface area contributed by atoms with Gasteiger partial charge >= 0.3 is 0 Å². The number of ether oxygens (including phenoxy) is 2. The Balaban J connectivity index is 1.57. The molecule has 0 radical (unpaired) electrons. The van der Waals surface area contributed by atoms with Crippen LogP contribution in [0.2, 0.25) is 0 Å². The number of hydrogen-bond donors (Lipinski definition) is 1. The Morgan fingerprint density at radius 3 is 2.87 bits per heavy atom. The summed E-state index contributed by atoms with van der Waals surface area (Å²) >= 11 is 0. The molecular formula is C25H38N2O3. The monoisotopic (exact) mass is 414 g/mol. The summed E-state index contributed by atoms with van der Waals surface area (Å²) in [5.41, 5.74) is 1.50. The van der Waals surface area contributed by atoms with Crippen LogP contribution in [0, 0.1) is 22.7 Å². The number of nitrogens with zero attached hydrogens (tertiary/aromatic N) is 1. The van der Waals surface area contributed by atoms with Gasteiger partial charge in [0.05, 0.1) is 6.10 Å². The minimum absolute atomic E-state index is 0.0817. The van der Waals surface area contributed by atoms with Gasteiger partial charge in [-0.2, -0.15) is 0 Å². The fraction of sp³-hybridized carbons (Fsp3) is 0.720. The third-order valence-corrected chi connectivity index (χ3v) is 8.13. The van der Waals surface area contributed by atoms with Crippen molar-refractivity contribution in [2.75, 3.05) is 33.9 Å². The van der Waals surface area contributed by atoms with Crippen LogP contribution in [0.5, 0.6) is 5.75 Å². The van der Waals surface area contributed by atoms with Gasteiger partial charge in [-0.1, -0.05) is 32.9 Å². The fourth-order valence-corrected chi connectivity index (χ4v) is 6.51. The fourth-order valence-electron chi connectivity index (χ4n) is 6.51. The van der Waals surface area contributed by atoms with Crippen LogP contribution in [0.3, 0.4) is 0 Å². The van der Waals surface area contributed by atoms with Gasteiger partial charge in [0.15, 0.2) is 0 Å². The van der Waals surface area contributed by atoms with E-state index in [0.717, 1.165) is 25.3 Å². The van der Waals surface area contributed by atoms with E-state index in [1.54, 1.807) is 0 Å². The lowest BCUT2D eigenvalue weighted by atomic mass is 9.59. The van der Waals surface area contributed by atoms with Crippen LogP contribution < -0.4 is 10.1 Å². The molecule has 5 nitrogen and oxygen atoms in total. The van der Waals surface area contributed by atoms with Crippen molar-refractivity contribution in [2.45, 2.75) is 58.6 Å². The van der Waals surface area contributed by atoms with Gasteiger partial charge in [-0.05, 0) is 73.7 Å². The summed E-state index contributed by atoms with van der Waals surface area (Å²) < 4.78 is 12.4. The molecule has 1 heterocycles. The van der Waals surface area contributed by atoms with Gasteiger partial charge in [0.2, 0.25) is 5.91 Å². The van der Waals surface area contributed by atoms with Crippen molar-refractivity contribution in [3.63, 3.8) is 0 Å². The second-order valence-electron chi connectivity index (χ2n) is 10.4. The number of rotatable bonds is 7. The van der Waals surface area contributed by atoms with Gasteiger partial charge in [0.1, 0.15) is 12.4 Å². The minimum Gasteiger partial charge on any atom is -0.492 e. The van der Waals surface area contributed by atoms with Crippen molar-refractivity contribution >= 4 is 5.91 Å². The minimum atomic E-state index is 0.0817. The summed E-state index contributed by atoms with van der Waals surface area (Å²) in [5.74, 6) is 2.17. The molecule has 1 N–H and O–H groups in total. The van der Waals surface area contributed by atoms with Crippen LogP contribution in [0.1, 0.15) is 58.1 Å². The molecule has 1 aromatic carbocycles. The molecule has 3 aliphatic rings. The number of carbonyl (C=O) groups excluding carboxylic acids is 1. The molecule has 1 amide bonds. The molecule has 2 bridgehead atoms. The van der Waals surface area contributed by atoms with E-state index in [2.05, 4.69) is 56.4 Å². The lowest BCUT2D eigenvalue weighted by Crippen LogP contribution is -2.58. The van der Waals surface area contributed by atoms with Crippen molar-refractivity contribution in [1.29, 1.82) is 0 Å². The molecule has 1 saturated heterocycles. The highest BCUT2D eigenvalue weighted by atomic mass is 16.5. The molecule has 0 unspecified atom stereocenters. The van der Waals surface area contributed by atoms with Gasteiger partial charge in [0.25, 0.3) is 0 Å². The summed E-state index contributed by atoms with van der Waals surface area (Å²) in [5, 5.41) is 3.44. The predicted octanol–water partition coefficient (Wildman–Crippen LogP) is 4.04. The first-order chi connectivity index (χ1) is 14.3. The number of likely N-dealkylation sites (N-methyl/N-ethyl adjacent to an activating group) is 1. The average Bonchev–Trinajstić information content (AvgIpc) is 3.20. The Morgan fingerprint density at radius 1 is 1.33 bits per heavy atom. The quantitative estimate of drug-likeness (QED) is 0.732. The van der Waals surface area contributed by atoms with E-state index in [9.17, 15) is 4.79 Å². The van der Waals surface area contributed by atoms with E-state index in [0.29, 0.717) is 24.9 Å². The Morgan fingerprint density at radius 2 is 2.13 bits per heavy atom. The maximum atomic E-state index is 12.4. The predicted molar refractivity (Wildman–Crippen MR) is 118 cm³/mol.